The first-order chi connectivity index (χ1) is 6.81. The van der Waals surface area contributed by atoms with E-state index in [1.165, 1.54) is 38.9 Å². The molecule has 0 bridgehead atoms. The van der Waals surface area contributed by atoms with E-state index in [-0.39, 0.29) is 0 Å². The third-order valence-electron chi connectivity index (χ3n) is 3.59. The molecule has 1 N–H and O–H groups in total. The largest absolute Gasteiger partial charge is 0.312 e. The van der Waals surface area contributed by atoms with E-state index in [2.05, 4.69) is 35.2 Å². The summed E-state index contributed by atoms with van der Waals surface area (Å²) < 4.78 is 0. The molecule has 0 aromatic heterocycles. The molecule has 82 valence electrons. The smallest absolute Gasteiger partial charge is 0.0215 e. The molecule has 3 unspecified atom stereocenters. The Bertz CT molecular complexity index is 186. The summed E-state index contributed by atoms with van der Waals surface area (Å²) in [6, 6.07) is 1.56. The van der Waals surface area contributed by atoms with Crippen LogP contribution in [0.5, 0.6) is 0 Å². The van der Waals surface area contributed by atoms with Gasteiger partial charge in [-0.2, -0.15) is 11.8 Å². The second kappa shape index (κ2) is 4.86. The zero-order valence-electron chi connectivity index (χ0n) is 9.33. The zero-order chi connectivity index (χ0) is 9.97. The molecule has 1 aliphatic heterocycles. The van der Waals surface area contributed by atoms with Crippen molar-refractivity contribution in [3.8, 4) is 0 Å². The molecule has 1 saturated heterocycles. The Hall–Kier alpha value is 0.270. The Labute approximate surface area is 91.8 Å². The Morgan fingerprint density at radius 1 is 1.36 bits per heavy atom. The number of nitrogens with one attached hydrogen (secondary N) is 1. The van der Waals surface area contributed by atoms with Gasteiger partial charge in [0.05, 0.1) is 0 Å². The molecule has 0 spiro atoms. The van der Waals surface area contributed by atoms with Gasteiger partial charge in [-0.3, -0.25) is 4.90 Å². The molecular weight excluding hydrogens is 192 g/mol. The van der Waals surface area contributed by atoms with E-state index in [9.17, 15) is 0 Å². The van der Waals surface area contributed by atoms with Gasteiger partial charge in [0, 0.05) is 37.0 Å². The molecule has 2 rings (SSSR count). The molecule has 3 atom stereocenters. The van der Waals surface area contributed by atoms with Crippen molar-refractivity contribution in [1.29, 1.82) is 0 Å². The number of hydrogen-bond donors (Lipinski definition) is 1. The van der Waals surface area contributed by atoms with Crippen molar-refractivity contribution < 1.29 is 0 Å². The topological polar surface area (TPSA) is 15.3 Å². The van der Waals surface area contributed by atoms with E-state index >= 15 is 0 Å². The fraction of sp³-hybridized carbons (Fsp3) is 1.00. The summed E-state index contributed by atoms with van der Waals surface area (Å²) in [6.45, 7) is 5.99. The number of piperazine rings is 1. The maximum Gasteiger partial charge on any atom is 0.0215 e. The van der Waals surface area contributed by atoms with Gasteiger partial charge in [-0.25, -0.2) is 0 Å². The molecule has 1 aliphatic carbocycles. The van der Waals surface area contributed by atoms with Crippen LogP contribution in [0.1, 0.15) is 26.2 Å². The van der Waals surface area contributed by atoms with E-state index in [1.807, 2.05) is 0 Å². The molecule has 2 nitrogen and oxygen atoms in total. The lowest BCUT2D eigenvalue weighted by atomic mass is 10.1. The van der Waals surface area contributed by atoms with Crippen molar-refractivity contribution in [2.45, 2.75) is 43.5 Å². The predicted octanol–water partition coefficient (Wildman–Crippen LogP) is 1.56. The van der Waals surface area contributed by atoms with Crippen LogP contribution in [0.4, 0.5) is 0 Å². The highest BCUT2D eigenvalue weighted by Crippen LogP contribution is 2.32. The summed E-state index contributed by atoms with van der Waals surface area (Å²) in [6.07, 6.45) is 6.57. The van der Waals surface area contributed by atoms with E-state index < -0.39 is 0 Å². The van der Waals surface area contributed by atoms with E-state index in [0.29, 0.717) is 6.04 Å². The second-order valence-corrected chi connectivity index (χ2v) is 5.70. The Morgan fingerprint density at radius 3 is 2.93 bits per heavy atom. The Kier molecular flexibility index (Phi) is 3.74. The Morgan fingerprint density at radius 2 is 2.21 bits per heavy atom. The first kappa shape index (κ1) is 10.8. The highest BCUT2D eigenvalue weighted by Gasteiger charge is 2.32. The molecule has 3 heteroatoms. The number of rotatable bonds is 2. The maximum atomic E-state index is 3.52. The van der Waals surface area contributed by atoms with Crippen molar-refractivity contribution in [3.63, 3.8) is 0 Å². The maximum absolute atomic E-state index is 3.52. The van der Waals surface area contributed by atoms with Crippen LogP contribution in [0, 0.1) is 0 Å². The summed E-state index contributed by atoms with van der Waals surface area (Å²) in [5.41, 5.74) is 0. The molecular formula is C11H22N2S. The molecule has 2 aliphatic rings. The van der Waals surface area contributed by atoms with Gasteiger partial charge < -0.3 is 5.32 Å². The standard InChI is InChI=1S/C11H22N2S/c1-9-8-13(7-6-12-9)10-4-3-5-11(10)14-2/h9-12H,3-8H2,1-2H3. The van der Waals surface area contributed by atoms with E-state index in [4.69, 9.17) is 0 Å². The van der Waals surface area contributed by atoms with Gasteiger partial charge in [0.1, 0.15) is 0 Å². The fourth-order valence-electron chi connectivity index (χ4n) is 2.86. The highest BCUT2D eigenvalue weighted by atomic mass is 32.2. The number of thioether (sulfide) groups is 1. The first-order valence-corrected chi connectivity index (χ1v) is 7.10. The van der Waals surface area contributed by atoms with Crippen LogP contribution in [-0.2, 0) is 0 Å². The molecule has 0 aromatic carbocycles. The van der Waals surface area contributed by atoms with Crippen molar-refractivity contribution in [2.24, 2.45) is 0 Å². The van der Waals surface area contributed by atoms with Crippen molar-refractivity contribution in [3.05, 3.63) is 0 Å². The van der Waals surface area contributed by atoms with Crippen molar-refractivity contribution in [2.75, 3.05) is 25.9 Å². The monoisotopic (exact) mass is 214 g/mol. The van der Waals surface area contributed by atoms with Crippen molar-refractivity contribution in [1.82, 2.24) is 10.2 Å². The van der Waals surface area contributed by atoms with Crippen LogP contribution in [0.25, 0.3) is 0 Å². The minimum atomic E-state index is 0.687. The summed E-state index contributed by atoms with van der Waals surface area (Å²) in [4.78, 5) is 2.72. The van der Waals surface area contributed by atoms with E-state index in [1.54, 1.807) is 0 Å². The molecule has 1 heterocycles. The molecule has 14 heavy (non-hydrogen) atoms. The van der Waals surface area contributed by atoms with Crippen LogP contribution in [-0.4, -0.2) is 48.1 Å². The summed E-state index contributed by atoms with van der Waals surface area (Å²) >= 11 is 2.07. The van der Waals surface area contributed by atoms with Crippen LogP contribution in [0.15, 0.2) is 0 Å². The van der Waals surface area contributed by atoms with Gasteiger partial charge in [-0.05, 0) is 26.0 Å². The number of hydrogen-bond acceptors (Lipinski definition) is 3. The quantitative estimate of drug-likeness (QED) is 0.751. The lowest BCUT2D eigenvalue weighted by Gasteiger charge is -2.38. The van der Waals surface area contributed by atoms with Crippen LogP contribution in [0.2, 0.25) is 0 Å². The second-order valence-electron chi connectivity index (χ2n) is 4.62. The average Bonchev–Trinajstić information content (AvgIpc) is 2.65. The Balaban J connectivity index is 1.92. The van der Waals surface area contributed by atoms with Gasteiger partial charge in [0.15, 0.2) is 0 Å². The molecule has 0 radical (unpaired) electrons. The van der Waals surface area contributed by atoms with E-state index in [0.717, 1.165) is 11.3 Å². The lowest BCUT2D eigenvalue weighted by molar-refractivity contribution is 0.153. The van der Waals surface area contributed by atoms with Crippen LogP contribution < -0.4 is 5.32 Å². The van der Waals surface area contributed by atoms with Gasteiger partial charge in [-0.15, -0.1) is 0 Å². The molecule has 0 aromatic rings. The summed E-state index contributed by atoms with van der Waals surface area (Å²) in [7, 11) is 0. The zero-order valence-corrected chi connectivity index (χ0v) is 10.1. The summed E-state index contributed by atoms with van der Waals surface area (Å²) in [5.74, 6) is 0. The van der Waals surface area contributed by atoms with Gasteiger partial charge in [0.25, 0.3) is 0 Å². The molecule has 2 fully saturated rings. The fourth-order valence-corrected chi connectivity index (χ4v) is 3.89. The first-order valence-electron chi connectivity index (χ1n) is 5.81. The molecule has 1 saturated carbocycles. The van der Waals surface area contributed by atoms with Crippen LogP contribution >= 0.6 is 11.8 Å². The van der Waals surface area contributed by atoms with Gasteiger partial charge >= 0.3 is 0 Å². The van der Waals surface area contributed by atoms with Gasteiger partial charge in [0.2, 0.25) is 0 Å². The third kappa shape index (κ3) is 2.26. The van der Waals surface area contributed by atoms with Crippen LogP contribution in [0.3, 0.4) is 0 Å². The van der Waals surface area contributed by atoms with Gasteiger partial charge in [-0.1, -0.05) is 6.42 Å². The SMILES string of the molecule is CSC1CCCC1N1CCNC(C)C1. The highest BCUT2D eigenvalue weighted by molar-refractivity contribution is 7.99. The normalized spacial score (nSPS) is 40.3. The predicted molar refractivity (Wildman–Crippen MR) is 64.0 cm³/mol. The van der Waals surface area contributed by atoms with Crippen molar-refractivity contribution >= 4 is 11.8 Å². The summed E-state index contributed by atoms with van der Waals surface area (Å²) in [5, 5.41) is 4.42. The lowest BCUT2D eigenvalue weighted by Crippen LogP contribution is -2.54. The molecule has 0 amide bonds. The minimum absolute atomic E-state index is 0.687. The third-order valence-corrected chi connectivity index (χ3v) is 4.75. The average molecular weight is 214 g/mol. The number of nitrogens with zero attached hydrogens (tertiary/aromatic N) is 1. The minimum Gasteiger partial charge on any atom is -0.312 e.